The van der Waals surface area contributed by atoms with Gasteiger partial charge in [0.2, 0.25) is 0 Å². The summed E-state index contributed by atoms with van der Waals surface area (Å²) in [5.41, 5.74) is 0.574. The molecule has 6 nitrogen and oxygen atoms in total. The molecule has 1 amide bonds. The van der Waals surface area contributed by atoms with Gasteiger partial charge in [-0.2, -0.15) is 0 Å². The zero-order chi connectivity index (χ0) is 16.3. The second-order valence-electron chi connectivity index (χ2n) is 7.17. The molecule has 1 saturated heterocycles. The summed E-state index contributed by atoms with van der Waals surface area (Å²) in [6.07, 6.45) is 7.27. The predicted molar refractivity (Wildman–Crippen MR) is 106 cm³/mol. The Morgan fingerprint density at radius 2 is 1.92 bits per heavy atom. The highest BCUT2D eigenvalue weighted by Crippen LogP contribution is 2.60. The van der Waals surface area contributed by atoms with Crippen LogP contribution in [0, 0.1) is 11.3 Å². The van der Waals surface area contributed by atoms with Crippen LogP contribution in [0.2, 0.25) is 0 Å². The van der Waals surface area contributed by atoms with Crippen LogP contribution in [0.25, 0.3) is 0 Å². The summed E-state index contributed by atoms with van der Waals surface area (Å²) in [5, 5.41) is 7.05. The summed E-state index contributed by atoms with van der Waals surface area (Å²) in [4.78, 5) is 17.9. The van der Waals surface area contributed by atoms with Gasteiger partial charge in [-0.25, -0.2) is 4.79 Å². The molecule has 0 unspecified atom stereocenters. The maximum Gasteiger partial charge on any atom is 0.409 e. The first-order chi connectivity index (χ1) is 11.2. The number of nitrogens with zero attached hydrogens (tertiary/aromatic N) is 2. The van der Waals surface area contributed by atoms with Crippen LogP contribution in [0.1, 0.15) is 45.4 Å². The molecule has 2 N–H and O–H groups in total. The number of piperidine rings is 1. The summed E-state index contributed by atoms with van der Waals surface area (Å²) in [5.74, 6) is 1.87. The van der Waals surface area contributed by atoms with Crippen LogP contribution in [0.5, 0.6) is 0 Å². The molecule has 138 valence electrons. The molecule has 0 aromatic carbocycles. The van der Waals surface area contributed by atoms with E-state index in [0.29, 0.717) is 18.1 Å². The summed E-state index contributed by atoms with van der Waals surface area (Å²) in [7, 11) is 1.83. The van der Waals surface area contributed by atoms with Crippen molar-refractivity contribution >= 4 is 36.0 Å². The van der Waals surface area contributed by atoms with Gasteiger partial charge in [0.1, 0.15) is 0 Å². The zero-order valence-electron chi connectivity index (χ0n) is 14.8. The van der Waals surface area contributed by atoms with Crippen LogP contribution >= 0.6 is 24.0 Å². The second-order valence-corrected chi connectivity index (χ2v) is 7.17. The Morgan fingerprint density at radius 3 is 2.42 bits per heavy atom. The van der Waals surface area contributed by atoms with Gasteiger partial charge < -0.3 is 20.3 Å². The first-order valence-electron chi connectivity index (χ1n) is 9.06. The quantitative estimate of drug-likeness (QED) is 0.384. The van der Waals surface area contributed by atoms with Crippen molar-refractivity contribution in [1.82, 2.24) is 15.5 Å². The van der Waals surface area contributed by atoms with Crippen molar-refractivity contribution in [2.24, 2.45) is 16.3 Å². The number of rotatable bonds is 5. The van der Waals surface area contributed by atoms with Gasteiger partial charge in [0.25, 0.3) is 0 Å². The number of aliphatic imine (C=N–C) groups is 1. The molecule has 2 saturated carbocycles. The average Bonchev–Trinajstić information content (AvgIpc) is 3.45. The fourth-order valence-corrected chi connectivity index (χ4v) is 3.65. The van der Waals surface area contributed by atoms with E-state index in [4.69, 9.17) is 4.74 Å². The minimum Gasteiger partial charge on any atom is -0.450 e. The largest absolute Gasteiger partial charge is 0.450 e. The highest BCUT2D eigenvalue weighted by atomic mass is 127. The average molecular weight is 450 g/mol. The highest BCUT2D eigenvalue weighted by molar-refractivity contribution is 14.0. The first-order valence-corrected chi connectivity index (χ1v) is 9.06. The number of halogens is 1. The molecule has 0 aromatic heterocycles. The molecule has 0 aromatic rings. The molecule has 2 aliphatic carbocycles. The fourth-order valence-electron chi connectivity index (χ4n) is 3.65. The van der Waals surface area contributed by atoms with Gasteiger partial charge >= 0.3 is 6.09 Å². The van der Waals surface area contributed by atoms with Crippen LogP contribution in [0.15, 0.2) is 4.99 Å². The van der Waals surface area contributed by atoms with Gasteiger partial charge in [0, 0.05) is 32.7 Å². The molecule has 0 bridgehead atoms. The summed E-state index contributed by atoms with van der Waals surface area (Å²) >= 11 is 0. The lowest BCUT2D eigenvalue weighted by molar-refractivity contribution is 0.0963. The van der Waals surface area contributed by atoms with Crippen LogP contribution in [-0.2, 0) is 4.74 Å². The molecular formula is C17H31IN4O2. The molecule has 0 atom stereocenters. The Morgan fingerprint density at radius 1 is 1.25 bits per heavy atom. The van der Waals surface area contributed by atoms with Crippen molar-refractivity contribution in [1.29, 1.82) is 0 Å². The minimum absolute atomic E-state index is 0. The Hall–Kier alpha value is -0.730. The lowest BCUT2D eigenvalue weighted by Gasteiger charge is -2.32. The predicted octanol–water partition coefficient (Wildman–Crippen LogP) is 2.58. The van der Waals surface area contributed by atoms with Crippen molar-refractivity contribution in [2.75, 3.05) is 33.3 Å². The van der Waals surface area contributed by atoms with Crippen LogP contribution in [0.3, 0.4) is 0 Å². The first kappa shape index (κ1) is 19.6. The Balaban J connectivity index is 0.00000208. The maximum atomic E-state index is 11.7. The number of hydrogen-bond acceptors (Lipinski definition) is 3. The lowest BCUT2D eigenvalue weighted by Crippen LogP contribution is -2.50. The standard InChI is InChI=1S/C17H30N4O2.HI/c1-3-23-16(22)21-10-6-14(7-11-21)20-15(18-2)19-12-17(8-9-17)13-4-5-13;/h13-14H,3-12H2,1-2H3,(H2,18,19,20);1H. The van der Waals surface area contributed by atoms with E-state index in [2.05, 4.69) is 15.6 Å². The molecule has 7 heteroatoms. The van der Waals surface area contributed by atoms with E-state index in [0.717, 1.165) is 44.4 Å². The smallest absolute Gasteiger partial charge is 0.409 e. The number of ether oxygens (including phenoxy) is 1. The fraction of sp³-hybridized carbons (Fsp3) is 0.882. The van der Waals surface area contributed by atoms with Gasteiger partial charge in [-0.3, -0.25) is 4.99 Å². The molecule has 3 aliphatic rings. The topological polar surface area (TPSA) is 66.0 Å². The van der Waals surface area contributed by atoms with Gasteiger partial charge in [-0.1, -0.05) is 0 Å². The number of carbonyl (C=O) groups excluding carboxylic acids is 1. The van der Waals surface area contributed by atoms with E-state index in [1.807, 2.05) is 14.0 Å². The van der Waals surface area contributed by atoms with Gasteiger partial charge in [0.15, 0.2) is 5.96 Å². The SMILES string of the molecule is CCOC(=O)N1CCC(NC(=NC)NCC2(C3CC3)CC2)CC1.I. The number of likely N-dealkylation sites (tertiary alicyclic amines) is 1. The Labute approximate surface area is 162 Å². The van der Waals surface area contributed by atoms with E-state index in [9.17, 15) is 4.79 Å². The minimum atomic E-state index is -0.187. The number of amides is 1. The molecule has 0 radical (unpaired) electrons. The molecule has 0 spiro atoms. The Bertz CT molecular complexity index is 456. The van der Waals surface area contributed by atoms with E-state index >= 15 is 0 Å². The Kier molecular flexibility index (Phi) is 7.00. The molecule has 3 fully saturated rings. The van der Waals surface area contributed by atoms with Crippen molar-refractivity contribution < 1.29 is 9.53 Å². The van der Waals surface area contributed by atoms with E-state index in [-0.39, 0.29) is 30.1 Å². The van der Waals surface area contributed by atoms with Crippen LogP contribution in [-0.4, -0.2) is 56.3 Å². The third-order valence-corrected chi connectivity index (χ3v) is 5.53. The third-order valence-electron chi connectivity index (χ3n) is 5.53. The third kappa shape index (κ3) is 4.89. The molecule has 1 heterocycles. The monoisotopic (exact) mass is 450 g/mol. The van der Waals surface area contributed by atoms with Crippen molar-refractivity contribution in [3.05, 3.63) is 0 Å². The van der Waals surface area contributed by atoms with Crippen molar-refractivity contribution in [2.45, 2.75) is 51.5 Å². The number of hydrogen-bond donors (Lipinski definition) is 2. The number of carbonyl (C=O) groups is 1. The van der Waals surface area contributed by atoms with Crippen LogP contribution < -0.4 is 10.6 Å². The summed E-state index contributed by atoms with van der Waals surface area (Å²) in [6.45, 7) is 4.84. The summed E-state index contributed by atoms with van der Waals surface area (Å²) in [6, 6.07) is 0.378. The molecule has 3 rings (SSSR count). The number of guanidine groups is 1. The molecule has 1 aliphatic heterocycles. The summed E-state index contributed by atoms with van der Waals surface area (Å²) < 4.78 is 5.06. The van der Waals surface area contributed by atoms with E-state index < -0.39 is 0 Å². The second kappa shape index (κ2) is 8.58. The van der Waals surface area contributed by atoms with Crippen LogP contribution in [0.4, 0.5) is 4.79 Å². The molecule has 24 heavy (non-hydrogen) atoms. The van der Waals surface area contributed by atoms with Gasteiger partial charge in [-0.15, -0.1) is 24.0 Å². The van der Waals surface area contributed by atoms with E-state index in [1.165, 1.54) is 25.7 Å². The molecular weight excluding hydrogens is 419 g/mol. The van der Waals surface area contributed by atoms with Crippen molar-refractivity contribution in [3.8, 4) is 0 Å². The maximum absolute atomic E-state index is 11.7. The number of nitrogens with one attached hydrogen (secondary N) is 2. The van der Waals surface area contributed by atoms with Crippen molar-refractivity contribution in [3.63, 3.8) is 0 Å². The van der Waals surface area contributed by atoms with E-state index in [1.54, 1.807) is 4.90 Å². The van der Waals surface area contributed by atoms with Gasteiger partial charge in [-0.05, 0) is 56.8 Å². The normalized spacial score (nSPS) is 23.2. The zero-order valence-corrected chi connectivity index (χ0v) is 17.2. The van der Waals surface area contributed by atoms with Gasteiger partial charge in [0.05, 0.1) is 6.61 Å². The highest BCUT2D eigenvalue weighted by Gasteiger charge is 2.53. The lowest BCUT2D eigenvalue weighted by atomic mass is 10.0.